The van der Waals surface area contributed by atoms with Crippen molar-refractivity contribution in [3.63, 3.8) is 0 Å². The third-order valence-corrected chi connectivity index (χ3v) is 6.67. The smallest absolute Gasteiger partial charge is 0.338 e. The van der Waals surface area contributed by atoms with Crippen LogP contribution in [0.25, 0.3) is 6.08 Å². The molecule has 0 fully saturated rings. The third kappa shape index (κ3) is 4.66. The van der Waals surface area contributed by atoms with Crippen LogP contribution >= 0.6 is 11.3 Å². The van der Waals surface area contributed by atoms with E-state index in [-0.39, 0.29) is 11.7 Å². The molecular weight excluding hydrogens is 480 g/mol. The van der Waals surface area contributed by atoms with Crippen molar-refractivity contribution in [1.82, 2.24) is 4.57 Å². The number of allylic oxidation sites excluding steroid dienone is 1. The highest BCUT2D eigenvalue weighted by molar-refractivity contribution is 7.07. The fourth-order valence-corrected chi connectivity index (χ4v) is 5.19. The average Bonchev–Trinajstić information content (AvgIpc) is 3.16. The molecule has 0 spiro atoms. The summed E-state index contributed by atoms with van der Waals surface area (Å²) in [6, 6.07) is 12.3. The minimum Gasteiger partial charge on any atom is -0.493 e. The van der Waals surface area contributed by atoms with Gasteiger partial charge in [-0.1, -0.05) is 41.7 Å². The molecule has 2 aromatic carbocycles. The van der Waals surface area contributed by atoms with E-state index in [1.807, 2.05) is 30.3 Å². The van der Waals surface area contributed by atoms with Crippen molar-refractivity contribution in [1.29, 1.82) is 0 Å². The molecule has 0 amide bonds. The lowest BCUT2D eigenvalue weighted by atomic mass is 9.96. The van der Waals surface area contributed by atoms with E-state index in [1.54, 1.807) is 43.5 Å². The van der Waals surface area contributed by atoms with Crippen LogP contribution in [0, 0.1) is 0 Å². The highest BCUT2D eigenvalue weighted by Crippen LogP contribution is 2.38. The van der Waals surface area contributed by atoms with E-state index in [2.05, 4.69) is 4.99 Å². The number of hydrogen-bond donors (Lipinski definition) is 0. The number of hydrogen-bond acceptors (Lipinski definition) is 8. The zero-order chi connectivity index (χ0) is 26.0. The van der Waals surface area contributed by atoms with Crippen molar-refractivity contribution in [3.8, 4) is 17.2 Å². The maximum atomic E-state index is 13.8. The first-order valence-electron chi connectivity index (χ1n) is 11.4. The van der Waals surface area contributed by atoms with Gasteiger partial charge in [0.2, 0.25) is 5.75 Å². The van der Waals surface area contributed by atoms with E-state index in [0.29, 0.717) is 43.4 Å². The number of carbonyl (C=O) groups excluding carboxylic acids is 1. The second-order valence-corrected chi connectivity index (χ2v) is 9.41. The summed E-state index contributed by atoms with van der Waals surface area (Å²) in [4.78, 5) is 32.0. The normalized spacial score (nSPS) is 15.4. The molecule has 1 unspecified atom stereocenters. The average molecular weight is 509 g/mol. The van der Waals surface area contributed by atoms with Gasteiger partial charge in [-0.25, -0.2) is 9.79 Å². The van der Waals surface area contributed by atoms with Gasteiger partial charge in [0, 0.05) is 0 Å². The van der Waals surface area contributed by atoms with Crippen molar-refractivity contribution in [3.05, 3.63) is 84.5 Å². The second kappa shape index (κ2) is 10.4. The SMILES string of the molecule is COc1cc(C=c2sc3n(c2=O)C(c2ccccc2)C(C(=O)OC(C)C)=C(C)N=3)cc(OC)c1OC. The molecule has 9 heteroatoms. The Morgan fingerprint density at radius 3 is 2.25 bits per heavy atom. The number of carbonyl (C=O) groups is 1. The lowest BCUT2D eigenvalue weighted by Gasteiger charge is -2.25. The Bertz CT molecular complexity index is 1480. The van der Waals surface area contributed by atoms with Crippen molar-refractivity contribution in [2.24, 2.45) is 4.99 Å². The van der Waals surface area contributed by atoms with Gasteiger partial charge in [-0.2, -0.15) is 0 Å². The van der Waals surface area contributed by atoms with E-state index in [9.17, 15) is 9.59 Å². The van der Waals surface area contributed by atoms with Gasteiger partial charge in [-0.3, -0.25) is 9.36 Å². The number of nitrogens with zero attached hydrogens (tertiary/aromatic N) is 2. The molecule has 1 atom stereocenters. The van der Waals surface area contributed by atoms with Crippen LogP contribution in [0.4, 0.5) is 0 Å². The van der Waals surface area contributed by atoms with E-state index >= 15 is 0 Å². The molecule has 0 radical (unpaired) electrons. The van der Waals surface area contributed by atoms with Crippen LogP contribution in [0.5, 0.6) is 17.2 Å². The molecule has 2 heterocycles. The molecule has 8 nitrogen and oxygen atoms in total. The van der Waals surface area contributed by atoms with Gasteiger partial charge in [0.15, 0.2) is 16.3 Å². The Labute approximate surface area is 212 Å². The predicted molar refractivity (Wildman–Crippen MR) is 138 cm³/mol. The molecule has 1 aromatic heterocycles. The van der Waals surface area contributed by atoms with Crippen LogP contribution in [-0.2, 0) is 9.53 Å². The number of aromatic nitrogens is 1. The summed E-state index contributed by atoms with van der Waals surface area (Å²) in [5.74, 6) is 0.936. The van der Waals surface area contributed by atoms with Crippen LogP contribution in [0.3, 0.4) is 0 Å². The van der Waals surface area contributed by atoms with Crippen LogP contribution in [0.15, 0.2) is 63.5 Å². The number of fused-ring (bicyclic) bond motifs is 1. The zero-order valence-corrected chi connectivity index (χ0v) is 21.8. The molecule has 36 heavy (non-hydrogen) atoms. The quantitative estimate of drug-likeness (QED) is 0.456. The first-order chi connectivity index (χ1) is 17.3. The van der Waals surface area contributed by atoms with Crippen molar-refractivity contribution in [2.75, 3.05) is 21.3 Å². The summed E-state index contributed by atoms with van der Waals surface area (Å²) < 4.78 is 23.8. The molecular formula is C27H28N2O6S. The van der Waals surface area contributed by atoms with Gasteiger partial charge in [0.25, 0.3) is 5.56 Å². The molecule has 0 aliphatic carbocycles. The van der Waals surface area contributed by atoms with Gasteiger partial charge in [-0.05, 0) is 50.1 Å². The van der Waals surface area contributed by atoms with Gasteiger partial charge in [0.05, 0.1) is 49.3 Å². The molecule has 1 aliphatic rings. The Morgan fingerprint density at radius 2 is 1.69 bits per heavy atom. The third-order valence-electron chi connectivity index (χ3n) is 5.68. The van der Waals surface area contributed by atoms with Crippen LogP contribution < -0.4 is 29.1 Å². The standard InChI is InChI=1S/C27H28N2O6S/c1-15(2)35-26(31)22-16(3)28-27-29(23(22)18-10-8-7-9-11-18)25(30)21(36-27)14-17-12-19(32-4)24(34-6)20(13-17)33-5/h7-15,23H,1-6H3. The highest BCUT2D eigenvalue weighted by Gasteiger charge is 2.33. The summed E-state index contributed by atoms with van der Waals surface area (Å²) in [6.07, 6.45) is 1.45. The number of methoxy groups -OCH3 is 3. The van der Waals surface area contributed by atoms with Gasteiger partial charge < -0.3 is 18.9 Å². The summed E-state index contributed by atoms with van der Waals surface area (Å²) >= 11 is 1.25. The lowest BCUT2D eigenvalue weighted by Crippen LogP contribution is -2.40. The number of rotatable bonds is 7. The van der Waals surface area contributed by atoms with Crippen molar-refractivity contribution >= 4 is 23.4 Å². The molecule has 1 aliphatic heterocycles. The largest absolute Gasteiger partial charge is 0.493 e. The number of thiazole rings is 1. The Kier molecular flexibility index (Phi) is 7.30. The molecule has 0 saturated carbocycles. The van der Waals surface area contributed by atoms with E-state index in [0.717, 1.165) is 5.56 Å². The number of benzene rings is 2. The molecule has 0 N–H and O–H groups in total. The highest BCUT2D eigenvalue weighted by atomic mass is 32.1. The fraction of sp³-hybridized carbons (Fsp3) is 0.296. The topological polar surface area (TPSA) is 88.4 Å². The molecule has 4 rings (SSSR count). The molecule has 0 saturated heterocycles. The van der Waals surface area contributed by atoms with Crippen LogP contribution in [0.2, 0.25) is 0 Å². The van der Waals surface area contributed by atoms with Crippen molar-refractivity contribution in [2.45, 2.75) is 32.9 Å². The Balaban J connectivity index is 1.93. The Morgan fingerprint density at radius 1 is 1.06 bits per heavy atom. The lowest BCUT2D eigenvalue weighted by molar-refractivity contribution is -0.143. The predicted octanol–water partition coefficient (Wildman–Crippen LogP) is 3.21. The minimum absolute atomic E-state index is 0.260. The van der Waals surface area contributed by atoms with E-state index in [4.69, 9.17) is 18.9 Å². The maximum absolute atomic E-state index is 13.8. The molecule has 0 bridgehead atoms. The van der Waals surface area contributed by atoms with Crippen molar-refractivity contribution < 1.29 is 23.7 Å². The maximum Gasteiger partial charge on any atom is 0.338 e. The summed E-state index contributed by atoms with van der Waals surface area (Å²) in [6.45, 7) is 5.35. The molecule has 3 aromatic rings. The number of esters is 1. The van der Waals surface area contributed by atoms with Crippen LogP contribution in [0.1, 0.15) is 37.9 Å². The van der Waals surface area contributed by atoms with Gasteiger partial charge in [0.1, 0.15) is 0 Å². The first-order valence-corrected chi connectivity index (χ1v) is 12.2. The summed E-state index contributed by atoms with van der Waals surface area (Å²) in [7, 11) is 4.61. The summed E-state index contributed by atoms with van der Waals surface area (Å²) in [5.41, 5.74) is 2.10. The Hall–Kier alpha value is -3.85. The zero-order valence-electron chi connectivity index (χ0n) is 21.0. The van der Waals surface area contributed by atoms with E-state index < -0.39 is 12.0 Å². The minimum atomic E-state index is -0.657. The monoisotopic (exact) mass is 508 g/mol. The second-order valence-electron chi connectivity index (χ2n) is 8.41. The fourth-order valence-electron chi connectivity index (χ4n) is 4.15. The van der Waals surface area contributed by atoms with Crippen LogP contribution in [-0.4, -0.2) is 38.0 Å². The van der Waals surface area contributed by atoms with Gasteiger partial charge in [-0.15, -0.1) is 0 Å². The molecule has 188 valence electrons. The first kappa shape index (κ1) is 25.2. The van der Waals surface area contributed by atoms with Gasteiger partial charge >= 0.3 is 5.97 Å². The van der Waals surface area contributed by atoms with E-state index in [1.165, 1.54) is 32.7 Å². The number of ether oxygens (including phenoxy) is 4. The summed E-state index contributed by atoms with van der Waals surface area (Å²) in [5, 5.41) is 0.